The second-order valence-corrected chi connectivity index (χ2v) is 6.64. The lowest BCUT2D eigenvalue weighted by atomic mass is 9.71. The number of hydrogen-bond acceptors (Lipinski definition) is 4. The molecular weight excluding hydrogens is 318 g/mol. The highest BCUT2D eigenvalue weighted by Crippen LogP contribution is 2.38. The number of hydrogen-bond donors (Lipinski definition) is 1. The first-order valence-electron chi connectivity index (χ1n) is 8.35. The lowest BCUT2D eigenvalue weighted by molar-refractivity contribution is -0.143. The zero-order chi connectivity index (χ0) is 16.0. The number of carbonyl (C=O) groups is 2. The maximum Gasteiger partial charge on any atom is 0.248 e. The van der Waals surface area contributed by atoms with Crippen molar-refractivity contribution in [2.45, 2.75) is 38.5 Å². The summed E-state index contributed by atoms with van der Waals surface area (Å²) < 4.78 is 4.87. The fraction of sp³-hybridized carbons (Fsp3) is 0.875. The molecule has 0 radical (unpaired) electrons. The third kappa shape index (κ3) is 5.33. The van der Waals surface area contributed by atoms with E-state index in [2.05, 4.69) is 0 Å². The smallest absolute Gasteiger partial charge is 0.248 e. The van der Waals surface area contributed by atoms with Crippen LogP contribution in [-0.2, 0) is 14.3 Å². The number of amides is 2. The molecule has 7 heteroatoms. The number of nitrogens with two attached hydrogens (primary N) is 1. The van der Waals surface area contributed by atoms with Crippen molar-refractivity contribution in [1.82, 2.24) is 9.80 Å². The summed E-state index contributed by atoms with van der Waals surface area (Å²) in [5.41, 5.74) is 5.99. The molecule has 0 aromatic heterocycles. The number of nitrogens with zero attached hydrogens (tertiary/aromatic N) is 2. The molecule has 2 aliphatic rings. The van der Waals surface area contributed by atoms with E-state index in [1.54, 1.807) is 4.90 Å². The summed E-state index contributed by atoms with van der Waals surface area (Å²) in [7, 11) is 1.52. The summed E-state index contributed by atoms with van der Waals surface area (Å²) in [5, 5.41) is 0. The maximum absolute atomic E-state index is 12.6. The molecule has 6 nitrogen and oxygen atoms in total. The van der Waals surface area contributed by atoms with E-state index in [-0.39, 0.29) is 36.2 Å². The molecule has 2 N–H and O–H groups in total. The Hall–Kier alpha value is -0.850. The molecule has 134 valence electrons. The third-order valence-electron chi connectivity index (χ3n) is 5.13. The van der Waals surface area contributed by atoms with Gasteiger partial charge in [-0.3, -0.25) is 9.59 Å². The predicted octanol–water partition coefficient (Wildman–Crippen LogP) is 1.02. The zero-order valence-corrected chi connectivity index (χ0v) is 14.9. The first-order valence-corrected chi connectivity index (χ1v) is 8.35. The van der Waals surface area contributed by atoms with Gasteiger partial charge in [-0.1, -0.05) is 19.3 Å². The van der Waals surface area contributed by atoms with E-state index < -0.39 is 0 Å². The van der Waals surface area contributed by atoms with Crippen LogP contribution in [0.1, 0.15) is 38.5 Å². The fourth-order valence-corrected chi connectivity index (χ4v) is 3.61. The van der Waals surface area contributed by atoms with Crippen LogP contribution >= 0.6 is 12.4 Å². The van der Waals surface area contributed by atoms with Crippen LogP contribution in [0.4, 0.5) is 0 Å². The third-order valence-corrected chi connectivity index (χ3v) is 5.13. The Labute approximate surface area is 145 Å². The van der Waals surface area contributed by atoms with Crippen molar-refractivity contribution in [3.63, 3.8) is 0 Å². The van der Waals surface area contributed by atoms with Crippen molar-refractivity contribution in [3.8, 4) is 0 Å². The molecule has 0 spiro atoms. The molecule has 2 amide bonds. The number of rotatable bonds is 5. The molecule has 1 aliphatic heterocycles. The minimum absolute atomic E-state index is 0. The average molecular weight is 348 g/mol. The van der Waals surface area contributed by atoms with Gasteiger partial charge in [-0.05, 0) is 24.8 Å². The number of halogens is 1. The van der Waals surface area contributed by atoms with Crippen LogP contribution in [0, 0.1) is 5.41 Å². The molecule has 0 aromatic carbocycles. The quantitative estimate of drug-likeness (QED) is 0.805. The standard InChI is InChI=1S/C16H29N3O3.ClH/c1-22-12-15(21)19-9-7-18(8-10-19)14(20)11-16(13-17)5-3-2-4-6-16;/h2-13,17H2,1H3;1H. The van der Waals surface area contributed by atoms with Gasteiger partial charge in [0.25, 0.3) is 0 Å². The molecule has 1 saturated carbocycles. The Morgan fingerprint density at radius 2 is 1.52 bits per heavy atom. The van der Waals surface area contributed by atoms with Crippen LogP contribution in [0.15, 0.2) is 0 Å². The monoisotopic (exact) mass is 347 g/mol. The van der Waals surface area contributed by atoms with Crippen molar-refractivity contribution in [1.29, 1.82) is 0 Å². The molecule has 0 bridgehead atoms. The minimum atomic E-state index is 0. The molecule has 0 aromatic rings. The first-order chi connectivity index (χ1) is 10.6. The second-order valence-electron chi connectivity index (χ2n) is 6.64. The Bertz CT molecular complexity index is 392. The van der Waals surface area contributed by atoms with E-state index in [0.29, 0.717) is 39.1 Å². The van der Waals surface area contributed by atoms with Crippen LogP contribution < -0.4 is 5.73 Å². The van der Waals surface area contributed by atoms with Gasteiger partial charge >= 0.3 is 0 Å². The highest BCUT2D eigenvalue weighted by Gasteiger charge is 2.35. The highest BCUT2D eigenvalue weighted by atomic mass is 35.5. The van der Waals surface area contributed by atoms with Crippen LogP contribution in [0.3, 0.4) is 0 Å². The summed E-state index contributed by atoms with van der Waals surface area (Å²) in [6, 6.07) is 0. The van der Waals surface area contributed by atoms with Gasteiger partial charge in [-0.2, -0.15) is 0 Å². The van der Waals surface area contributed by atoms with E-state index in [1.807, 2.05) is 4.90 Å². The number of methoxy groups -OCH3 is 1. The van der Waals surface area contributed by atoms with Gasteiger partial charge in [0.15, 0.2) is 0 Å². The number of piperazine rings is 1. The lowest BCUT2D eigenvalue weighted by Gasteiger charge is -2.39. The molecule has 23 heavy (non-hydrogen) atoms. The second kappa shape index (κ2) is 9.45. The molecule has 1 aliphatic carbocycles. The van der Waals surface area contributed by atoms with Crippen molar-refractivity contribution in [2.24, 2.45) is 11.1 Å². The zero-order valence-electron chi connectivity index (χ0n) is 14.1. The van der Waals surface area contributed by atoms with E-state index in [4.69, 9.17) is 10.5 Å². The van der Waals surface area contributed by atoms with Gasteiger partial charge in [0.05, 0.1) is 0 Å². The van der Waals surface area contributed by atoms with Crippen molar-refractivity contribution in [2.75, 3.05) is 46.4 Å². The van der Waals surface area contributed by atoms with Gasteiger partial charge in [-0.15, -0.1) is 12.4 Å². The summed E-state index contributed by atoms with van der Waals surface area (Å²) in [6.45, 7) is 3.16. The molecular formula is C16H30ClN3O3. The van der Waals surface area contributed by atoms with Gasteiger partial charge in [-0.25, -0.2) is 0 Å². The topological polar surface area (TPSA) is 75.9 Å². The van der Waals surface area contributed by atoms with Crippen LogP contribution in [-0.4, -0.2) is 68.1 Å². The Balaban J connectivity index is 0.00000264. The van der Waals surface area contributed by atoms with E-state index >= 15 is 0 Å². The molecule has 0 atom stereocenters. The van der Waals surface area contributed by atoms with E-state index in [0.717, 1.165) is 12.8 Å². The van der Waals surface area contributed by atoms with Crippen molar-refractivity contribution < 1.29 is 14.3 Å². The molecule has 0 unspecified atom stereocenters. The Morgan fingerprint density at radius 3 is 2.00 bits per heavy atom. The molecule has 2 rings (SSSR count). The summed E-state index contributed by atoms with van der Waals surface area (Å²) >= 11 is 0. The van der Waals surface area contributed by atoms with Crippen LogP contribution in [0.5, 0.6) is 0 Å². The molecule has 1 heterocycles. The Morgan fingerprint density at radius 1 is 1.00 bits per heavy atom. The number of carbonyl (C=O) groups excluding carboxylic acids is 2. The largest absolute Gasteiger partial charge is 0.375 e. The molecule has 1 saturated heterocycles. The van der Waals surface area contributed by atoms with E-state index in [1.165, 1.54) is 26.4 Å². The van der Waals surface area contributed by atoms with Crippen LogP contribution in [0.2, 0.25) is 0 Å². The minimum Gasteiger partial charge on any atom is -0.375 e. The predicted molar refractivity (Wildman–Crippen MR) is 91.5 cm³/mol. The van der Waals surface area contributed by atoms with Crippen molar-refractivity contribution >= 4 is 24.2 Å². The average Bonchev–Trinajstić information content (AvgIpc) is 2.56. The summed E-state index contributed by atoms with van der Waals surface area (Å²) in [6.07, 6.45) is 6.34. The fourth-order valence-electron chi connectivity index (χ4n) is 3.61. The van der Waals surface area contributed by atoms with Crippen molar-refractivity contribution in [3.05, 3.63) is 0 Å². The van der Waals surface area contributed by atoms with Gasteiger partial charge in [0, 0.05) is 39.7 Å². The maximum atomic E-state index is 12.6. The molecule has 2 fully saturated rings. The van der Waals surface area contributed by atoms with Gasteiger partial charge in [0.1, 0.15) is 6.61 Å². The Kier molecular flexibility index (Phi) is 8.29. The SMILES string of the molecule is COCC(=O)N1CCN(C(=O)CC2(CN)CCCCC2)CC1.Cl. The first kappa shape index (κ1) is 20.2. The highest BCUT2D eigenvalue weighted by molar-refractivity contribution is 5.85. The van der Waals surface area contributed by atoms with Gasteiger partial charge < -0.3 is 20.3 Å². The summed E-state index contributed by atoms with van der Waals surface area (Å²) in [5.74, 6) is 0.200. The summed E-state index contributed by atoms with van der Waals surface area (Å²) in [4.78, 5) is 28.0. The normalized spacial score (nSPS) is 20.8. The van der Waals surface area contributed by atoms with Gasteiger partial charge in [0.2, 0.25) is 11.8 Å². The lowest BCUT2D eigenvalue weighted by Crippen LogP contribution is -2.52. The van der Waals surface area contributed by atoms with E-state index in [9.17, 15) is 9.59 Å². The van der Waals surface area contributed by atoms with Crippen LogP contribution in [0.25, 0.3) is 0 Å². The number of ether oxygens (including phenoxy) is 1.